The number of carboxylic acid groups (broad SMARTS) is 1. The molecule has 1 amide bonds. The number of rotatable bonds is 5. The van der Waals surface area contributed by atoms with Gasteiger partial charge in [0.05, 0.1) is 5.56 Å². The van der Waals surface area contributed by atoms with Crippen molar-refractivity contribution in [3.8, 4) is 10.6 Å². The van der Waals surface area contributed by atoms with Crippen LogP contribution in [0.4, 0.5) is 13.2 Å². The topological polar surface area (TPSA) is 79.3 Å². The molecular weight excluding hydrogens is 345 g/mol. The van der Waals surface area contributed by atoms with E-state index >= 15 is 0 Å². The first-order chi connectivity index (χ1) is 11.2. The van der Waals surface area contributed by atoms with Crippen LogP contribution < -0.4 is 5.32 Å². The van der Waals surface area contributed by atoms with Gasteiger partial charge in [-0.05, 0) is 18.6 Å². The van der Waals surface area contributed by atoms with Crippen molar-refractivity contribution in [1.82, 2.24) is 10.3 Å². The van der Waals surface area contributed by atoms with Gasteiger partial charge in [0.2, 0.25) is 0 Å². The number of benzene rings is 1. The number of aromatic nitrogens is 1. The monoisotopic (exact) mass is 358 g/mol. The molecule has 1 aromatic heterocycles. The number of halogens is 3. The first-order valence-electron chi connectivity index (χ1n) is 6.89. The molecule has 2 rings (SSSR count). The summed E-state index contributed by atoms with van der Waals surface area (Å²) in [5.74, 6) is -1.85. The molecule has 1 unspecified atom stereocenters. The number of thiazole rings is 1. The van der Waals surface area contributed by atoms with Gasteiger partial charge in [0, 0.05) is 10.9 Å². The lowest BCUT2D eigenvalue weighted by atomic mass is 10.1. The molecule has 0 aliphatic heterocycles. The van der Waals surface area contributed by atoms with Crippen molar-refractivity contribution in [3.63, 3.8) is 0 Å². The summed E-state index contributed by atoms with van der Waals surface area (Å²) in [6, 6.07) is 3.57. The molecule has 5 nitrogen and oxygen atoms in total. The molecule has 1 aromatic carbocycles. The minimum atomic E-state index is -4.47. The van der Waals surface area contributed by atoms with Crippen LogP contribution in [0.15, 0.2) is 29.6 Å². The molecule has 0 bridgehead atoms. The minimum absolute atomic E-state index is 0.0351. The third-order valence-corrected chi connectivity index (χ3v) is 4.08. The molecule has 0 aliphatic rings. The maximum absolute atomic E-state index is 12.7. The minimum Gasteiger partial charge on any atom is -0.480 e. The van der Waals surface area contributed by atoms with Crippen LogP contribution in [0.25, 0.3) is 10.6 Å². The van der Waals surface area contributed by atoms with Crippen molar-refractivity contribution in [3.05, 3.63) is 40.9 Å². The Bertz CT molecular complexity index is 758. The summed E-state index contributed by atoms with van der Waals surface area (Å²) in [5.41, 5.74) is -0.607. The number of hydrogen-bond acceptors (Lipinski definition) is 4. The van der Waals surface area contributed by atoms with E-state index in [1.165, 1.54) is 17.5 Å². The summed E-state index contributed by atoms with van der Waals surface area (Å²) in [5, 5.41) is 12.8. The fourth-order valence-electron chi connectivity index (χ4n) is 1.91. The quantitative estimate of drug-likeness (QED) is 0.858. The van der Waals surface area contributed by atoms with Crippen LogP contribution in [0.5, 0.6) is 0 Å². The van der Waals surface area contributed by atoms with Gasteiger partial charge in [-0.1, -0.05) is 19.1 Å². The molecule has 0 saturated carbocycles. The predicted octanol–water partition coefficient (Wildman–Crippen LogP) is 3.42. The number of aliphatic carboxylic acids is 1. The van der Waals surface area contributed by atoms with Gasteiger partial charge in [0.25, 0.3) is 5.91 Å². The molecule has 0 radical (unpaired) electrons. The third kappa shape index (κ3) is 4.10. The Kier molecular flexibility index (Phi) is 5.23. The SMILES string of the molecule is CCC(NC(=O)c1csc(-c2cccc(C(F)(F)F)c2)n1)C(=O)O. The van der Waals surface area contributed by atoms with Gasteiger partial charge >= 0.3 is 12.1 Å². The van der Waals surface area contributed by atoms with Crippen molar-refractivity contribution in [2.45, 2.75) is 25.6 Å². The molecule has 128 valence electrons. The molecule has 0 aliphatic carbocycles. The van der Waals surface area contributed by atoms with E-state index in [9.17, 15) is 22.8 Å². The van der Waals surface area contributed by atoms with Crippen LogP contribution in [0.1, 0.15) is 29.4 Å². The zero-order chi connectivity index (χ0) is 17.9. The summed E-state index contributed by atoms with van der Waals surface area (Å²) in [6.07, 6.45) is -4.27. The summed E-state index contributed by atoms with van der Waals surface area (Å²) in [7, 11) is 0. The molecule has 1 heterocycles. The number of amides is 1. The average molecular weight is 358 g/mol. The first kappa shape index (κ1) is 17.9. The van der Waals surface area contributed by atoms with Crippen LogP contribution in [0.2, 0.25) is 0 Å². The molecule has 0 spiro atoms. The number of alkyl halides is 3. The van der Waals surface area contributed by atoms with Gasteiger partial charge in [0.15, 0.2) is 0 Å². The number of carboxylic acids is 1. The van der Waals surface area contributed by atoms with E-state index in [1.54, 1.807) is 6.92 Å². The van der Waals surface area contributed by atoms with Crippen molar-refractivity contribution < 1.29 is 27.9 Å². The Balaban J connectivity index is 2.22. The second-order valence-corrected chi connectivity index (χ2v) is 5.75. The molecule has 1 atom stereocenters. The molecule has 24 heavy (non-hydrogen) atoms. The van der Waals surface area contributed by atoms with Crippen molar-refractivity contribution >= 4 is 23.2 Å². The van der Waals surface area contributed by atoms with E-state index in [0.29, 0.717) is 0 Å². The lowest BCUT2D eigenvalue weighted by Crippen LogP contribution is -2.40. The van der Waals surface area contributed by atoms with E-state index in [0.717, 1.165) is 23.5 Å². The van der Waals surface area contributed by atoms with E-state index < -0.39 is 29.7 Å². The maximum Gasteiger partial charge on any atom is 0.416 e. The Morgan fingerprint density at radius 2 is 2.08 bits per heavy atom. The fourth-order valence-corrected chi connectivity index (χ4v) is 2.71. The Morgan fingerprint density at radius 1 is 1.38 bits per heavy atom. The van der Waals surface area contributed by atoms with E-state index in [2.05, 4.69) is 10.3 Å². The third-order valence-electron chi connectivity index (χ3n) is 3.19. The largest absolute Gasteiger partial charge is 0.480 e. The summed E-state index contributed by atoms with van der Waals surface area (Å²) >= 11 is 1.01. The standard InChI is InChI=1S/C15H13F3N2O3S/c1-2-10(14(22)23)19-12(21)11-7-24-13(20-11)8-4-3-5-9(6-8)15(16,17)18/h3-7,10H,2H2,1H3,(H,19,21)(H,22,23). The Hall–Kier alpha value is -2.42. The summed E-state index contributed by atoms with van der Waals surface area (Å²) in [6.45, 7) is 1.61. The maximum atomic E-state index is 12.7. The lowest BCUT2D eigenvalue weighted by molar-refractivity contribution is -0.139. The van der Waals surface area contributed by atoms with Crippen molar-refractivity contribution in [2.75, 3.05) is 0 Å². The van der Waals surface area contributed by atoms with Gasteiger partial charge in [-0.3, -0.25) is 4.79 Å². The van der Waals surface area contributed by atoms with Gasteiger partial charge in [-0.2, -0.15) is 13.2 Å². The van der Waals surface area contributed by atoms with Crippen molar-refractivity contribution in [2.24, 2.45) is 0 Å². The Labute approximate surface area is 139 Å². The van der Waals surface area contributed by atoms with Gasteiger partial charge in [0.1, 0.15) is 16.7 Å². The molecule has 2 aromatic rings. The molecule has 0 fully saturated rings. The van der Waals surface area contributed by atoms with Crippen LogP contribution in [0, 0.1) is 0 Å². The highest BCUT2D eigenvalue weighted by atomic mass is 32.1. The van der Waals surface area contributed by atoms with E-state index in [4.69, 9.17) is 5.11 Å². The molecule has 2 N–H and O–H groups in total. The highest BCUT2D eigenvalue weighted by Crippen LogP contribution is 2.33. The zero-order valence-corrected chi connectivity index (χ0v) is 13.2. The fraction of sp³-hybridized carbons (Fsp3) is 0.267. The van der Waals surface area contributed by atoms with Crippen LogP contribution in [-0.4, -0.2) is 28.0 Å². The van der Waals surface area contributed by atoms with E-state index in [1.807, 2.05) is 0 Å². The van der Waals surface area contributed by atoms with Crippen molar-refractivity contribution in [1.29, 1.82) is 0 Å². The summed E-state index contributed by atoms with van der Waals surface area (Å²) < 4.78 is 38.2. The van der Waals surface area contributed by atoms with Crippen LogP contribution >= 0.6 is 11.3 Å². The molecule has 9 heteroatoms. The van der Waals surface area contributed by atoms with E-state index in [-0.39, 0.29) is 22.7 Å². The second-order valence-electron chi connectivity index (χ2n) is 4.89. The van der Waals surface area contributed by atoms with Crippen LogP contribution in [0.3, 0.4) is 0 Å². The average Bonchev–Trinajstić information content (AvgIpc) is 3.01. The predicted molar refractivity (Wildman–Crippen MR) is 81.7 cm³/mol. The Morgan fingerprint density at radius 3 is 2.67 bits per heavy atom. The smallest absolute Gasteiger partial charge is 0.416 e. The summed E-state index contributed by atoms with van der Waals surface area (Å²) in [4.78, 5) is 26.9. The lowest BCUT2D eigenvalue weighted by Gasteiger charge is -2.10. The second kappa shape index (κ2) is 7.00. The number of carbonyl (C=O) groups is 2. The van der Waals surface area contributed by atoms with Crippen LogP contribution in [-0.2, 0) is 11.0 Å². The molecule has 0 saturated heterocycles. The highest BCUT2D eigenvalue weighted by Gasteiger charge is 2.30. The van der Waals surface area contributed by atoms with Gasteiger partial charge in [-0.15, -0.1) is 11.3 Å². The first-order valence-corrected chi connectivity index (χ1v) is 7.77. The number of hydrogen-bond donors (Lipinski definition) is 2. The molecular formula is C15H13F3N2O3S. The number of carbonyl (C=O) groups excluding carboxylic acids is 1. The van der Waals surface area contributed by atoms with Gasteiger partial charge < -0.3 is 10.4 Å². The number of nitrogens with zero attached hydrogens (tertiary/aromatic N) is 1. The highest BCUT2D eigenvalue weighted by molar-refractivity contribution is 7.13. The zero-order valence-electron chi connectivity index (χ0n) is 12.4. The van der Waals surface area contributed by atoms with Gasteiger partial charge in [-0.25, -0.2) is 9.78 Å². The normalized spacial score (nSPS) is 12.7. The number of nitrogens with one attached hydrogen (secondary N) is 1.